The summed E-state index contributed by atoms with van der Waals surface area (Å²) in [5.74, 6) is -5.40. The fraction of sp³-hybridized carbons (Fsp3) is 0.737. The van der Waals surface area contributed by atoms with Crippen LogP contribution in [0.3, 0.4) is 0 Å². The van der Waals surface area contributed by atoms with E-state index in [2.05, 4.69) is 16.0 Å². The van der Waals surface area contributed by atoms with Gasteiger partial charge in [-0.25, -0.2) is 4.79 Å². The maximum atomic E-state index is 12.6. The van der Waals surface area contributed by atoms with Crippen molar-refractivity contribution in [1.29, 1.82) is 0 Å². The van der Waals surface area contributed by atoms with Crippen molar-refractivity contribution in [1.82, 2.24) is 16.0 Å². The van der Waals surface area contributed by atoms with Gasteiger partial charge < -0.3 is 47.8 Å². The average Bonchev–Trinajstić information content (AvgIpc) is 2.72. The molecular weight excluding hydrogens is 442 g/mol. The fourth-order valence-corrected chi connectivity index (χ4v) is 2.74. The van der Waals surface area contributed by atoms with E-state index < -0.39 is 66.0 Å². The molecule has 0 saturated heterocycles. The number of aliphatic carboxylic acids is 2. The van der Waals surface area contributed by atoms with E-state index in [1.807, 2.05) is 0 Å². The third-order valence-corrected chi connectivity index (χ3v) is 4.69. The lowest BCUT2D eigenvalue weighted by molar-refractivity contribution is -0.143. The van der Waals surface area contributed by atoms with Gasteiger partial charge in [-0.05, 0) is 46.1 Å². The molecule has 14 heteroatoms. The largest absolute Gasteiger partial charge is 0.481 e. The number of hydrogen-bond acceptors (Lipinski definition) is 9. The lowest BCUT2D eigenvalue weighted by Crippen LogP contribution is -2.61. The van der Waals surface area contributed by atoms with Gasteiger partial charge >= 0.3 is 11.9 Å². The highest BCUT2D eigenvalue weighted by Gasteiger charge is 2.34. The first-order chi connectivity index (χ1) is 15.3. The molecule has 0 aliphatic carbocycles. The SMILES string of the molecule is CC(O)C(NC(=O)C(N)CCC(=O)O)C(=O)NC(C(=O)NC(CCCCN)C(=O)O)C(C)O. The molecule has 6 unspecified atom stereocenters. The van der Waals surface area contributed by atoms with Crippen LogP contribution in [0.25, 0.3) is 0 Å². The number of aliphatic hydroxyl groups is 2. The highest BCUT2D eigenvalue weighted by molar-refractivity contribution is 5.94. The second-order valence-electron chi connectivity index (χ2n) is 7.68. The van der Waals surface area contributed by atoms with Crippen molar-refractivity contribution in [2.45, 2.75) is 82.3 Å². The molecule has 0 aromatic rings. The van der Waals surface area contributed by atoms with Crippen LogP contribution in [0.2, 0.25) is 0 Å². The first kappa shape index (κ1) is 30.2. The molecule has 0 fully saturated rings. The zero-order chi connectivity index (χ0) is 25.7. The predicted molar refractivity (Wildman–Crippen MR) is 115 cm³/mol. The van der Waals surface area contributed by atoms with Crippen LogP contribution in [0.5, 0.6) is 0 Å². The Balaban J connectivity index is 5.26. The van der Waals surface area contributed by atoms with Crippen molar-refractivity contribution in [2.75, 3.05) is 6.54 Å². The van der Waals surface area contributed by atoms with Crippen LogP contribution in [-0.2, 0) is 24.0 Å². The van der Waals surface area contributed by atoms with Crippen molar-refractivity contribution in [2.24, 2.45) is 11.5 Å². The standard InChI is InChI=1S/C19H35N5O9/c1-9(25)14(17(30)22-12(19(32)33)5-3-4-8-20)24-18(31)15(10(2)26)23-16(29)11(21)6-7-13(27)28/h9-12,14-15,25-26H,3-8,20-21H2,1-2H3,(H,22,30)(H,23,29)(H,24,31)(H,27,28)(H,32,33). The minimum absolute atomic E-state index is 0.0827. The van der Waals surface area contributed by atoms with E-state index in [0.29, 0.717) is 19.4 Å². The molecule has 190 valence electrons. The Morgan fingerprint density at radius 2 is 1.27 bits per heavy atom. The number of hydrogen-bond donors (Lipinski definition) is 9. The monoisotopic (exact) mass is 477 g/mol. The number of nitrogens with one attached hydrogen (secondary N) is 3. The van der Waals surface area contributed by atoms with Crippen molar-refractivity contribution >= 4 is 29.7 Å². The number of unbranched alkanes of at least 4 members (excludes halogenated alkanes) is 1. The Bertz CT molecular complexity index is 687. The Kier molecular flexibility index (Phi) is 13.8. The molecular formula is C19H35N5O9. The first-order valence-corrected chi connectivity index (χ1v) is 10.5. The summed E-state index contributed by atoms with van der Waals surface area (Å²) in [5.41, 5.74) is 11.0. The maximum Gasteiger partial charge on any atom is 0.326 e. The molecule has 11 N–H and O–H groups in total. The number of nitrogens with two attached hydrogens (primary N) is 2. The van der Waals surface area contributed by atoms with Crippen LogP contribution >= 0.6 is 0 Å². The number of carbonyl (C=O) groups excluding carboxylic acids is 3. The summed E-state index contributed by atoms with van der Waals surface area (Å²) < 4.78 is 0. The number of carbonyl (C=O) groups is 5. The van der Waals surface area contributed by atoms with E-state index in [9.17, 15) is 39.3 Å². The van der Waals surface area contributed by atoms with Crippen LogP contribution in [0.4, 0.5) is 0 Å². The Hall–Kier alpha value is -2.81. The molecule has 33 heavy (non-hydrogen) atoms. The lowest BCUT2D eigenvalue weighted by Gasteiger charge is -2.27. The molecule has 0 aromatic heterocycles. The number of amides is 3. The van der Waals surface area contributed by atoms with Crippen molar-refractivity contribution in [3.63, 3.8) is 0 Å². The number of carboxylic acid groups (broad SMARTS) is 2. The summed E-state index contributed by atoms with van der Waals surface area (Å²) >= 11 is 0. The van der Waals surface area contributed by atoms with E-state index >= 15 is 0 Å². The second-order valence-corrected chi connectivity index (χ2v) is 7.68. The maximum absolute atomic E-state index is 12.6. The molecule has 0 aromatic carbocycles. The molecule has 0 saturated carbocycles. The van der Waals surface area contributed by atoms with Gasteiger partial charge in [0.2, 0.25) is 17.7 Å². The molecule has 0 heterocycles. The number of aliphatic hydroxyl groups excluding tert-OH is 2. The zero-order valence-electron chi connectivity index (χ0n) is 18.7. The highest BCUT2D eigenvalue weighted by Crippen LogP contribution is 2.05. The Morgan fingerprint density at radius 1 is 0.788 bits per heavy atom. The first-order valence-electron chi connectivity index (χ1n) is 10.5. The van der Waals surface area contributed by atoms with Gasteiger partial charge in [-0.15, -0.1) is 0 Å². The van der Waals surface area contributed by atoms with Gasteiger partial charge in [-0.1, -0.05) is 0 Å². The zero-order valence-corrected chi connectivity index (χ0v) is 18.7. The highest BCUT2D eigenvalue weighted by atomic mass is 16.4. The minimum atomic E-state index is -1.59. The van der Waals surface area contributed by atoms with Gasteiger partial charge in [0.25, 0.3) is 0 Å². The third-order valence-electron chi connectivity index (χ3n) is 4.69. The van der Waals surface area contributed by atoms with E-state index in [0.717, 1.165) is 0 Å². The second kappa shape index (κ2) is 15.1. The van der Waals surface area contributed by atoms with Crippen molar-refractivity contribution < 1.29 is 44.4 Å². The topological polar surface area (TPSA) is 254 Å². The van der Waals surface area contributed by atoms with Gasteiger partial charge in [0.05, 0.1) is 18.2 Å². The molecule has 0 aliphatic rings. The summed E-state index contributed by atoms with van der Waals surface area (Å²) in [5, 5.41) is 44.4. The summed E-state index contributed by atoms with van der Waals surface area (Å²) in [6, 6.07) is -5.72. The lowest BCUT2D eigenvalue weighted by atomic mass is 10.1. The molecule has 14 nitrogen and oxygen atoms in total. The molecule has 0 aliphatic heterocycles. The number of rotatable bonds is 16. The minimum Gasteiger partial charge on any atom is -0.481 e. The van der Waals surface area contributed by atoms with Gasteiger partial charge in [-0.3, -0.25) is 19.2 Å². The normalized spacial score (nSPS) is 16.4. The smallest absolute Gasteiger partial charge is 0.326 e. The van der Waals surface area contributed by atoms with Gasteiger partial charge in [-0.2, -0.15) is 0 Å². The predicted octanol–water partition coefficient (Wildman–Crippen LogP) is -3.39. The molecule has 0 spiro atoms. The van der Waals surface area contributed by atoms with Gasteiger partial charge in [0, 0.05) is 6.42 Å². The van der Waals surface area contributed by atoms with E-state index in [1.165, 1.54) is 13.8 Å². The summed E-state index contributed by atoms with van der Waals surface area (Å²) in [6.45, 7) is 2.72. The Labute approximate surface area is 191 Å². The van der Waals surface area contributed by atoms with Crippen LogP contribution < -0.4 is 27.4 Å². The summed E-state index contributed by atoms with van der Waals surface area (Å²) in [6.07, 6.45) is -2.44. The molecule has 0 radical (unpaired) electrons. The molecule has 0 bridgehead atoms. The molecule has 0 rings (SSSR count). The van der Waals surface area contributed by atoms with Gasteiger partial charge in [0.1, 0.15) is 18.1 Å². The van der Waals surface area contributed by atoms with E-state index in [4.69, 9.17) is 16.6 Å². The van der Waals surface area contributed by atoms with Crippen molar-refractivity contribution in [3.8, 4) is 0 Å². The Morgan fingerprint density at radius 3 is 1.70 bits per heavy atom. The average molecular weight is 478 g/mol. The van der Waals surface area contributed by atoms with E-state index in [1.54, 1.807) is 0 Å². The van der Waals surface area contributed by atoms with E-state index in [-0.39, 0.29) is 19.3 Å². The molecule has 6 atom stereocenters. The van der Waals surface area contributed by atoms with Crippen molar-refractivity contribution in [3.05, 3.63) is 0 Å². The fourth-order valence-electron chi connectivity index (χ4n) is 2.74. The van der Waals surface area contributed by atoms with Gasteiger partial charge in [0.15, 0.2) is 0 Å². The van der Waals surface area contributed by atoms with Crippen LogP contribution in [-0.4, -0.2) is 93.0 Å². The third kappa shape index (κ3) is 11.6. The quantitative estimate of drug-likeness (QED) is 0.0990. The van der Waals surface area contributed by atoms with Crippen LogP contribution in [0.1, 0.15) is 46.0 Å². The van der Waals surface area contributed by atoms with Crippen LogP contribution in [0, 0.1) is 0 Å². The number of carboxylic acids is 2. The van der Waals surface area contributed by atoms with Crippen LogP contribution in [0.15, 0.2) is 0 Å². The summed E-state index contributed by atoms with van der Waals surface area (Å²) in [7, 11) is 0. The summed E-state index contributed by atoms with van der Waals surface area (Å²) in [4.78, 5) is 59.3. The molecule has 3 amide bonds.